The van der Waals surface area contributed by atoms with E-state index in [9.17, 15) is 9.59 Å². The van der Waals surface area contributed by atoms with Crippen LogP contribution >= 0.6 is 11.8 Å². The molecule has 7 heteroatoms. The van der Waals surface area contributed by atoms with Crippen molar-refractivity contribution in [3.8, 4) is 11.5 Å². The number of hydrogen-bond donors (Lipinski definition) is 1. The van der Waals surface area contributed by atoms with Crippen LogP contribution in [0.4, 0.5) is 0 Å². The lowest BCUT2D eigenvalue weighted by molar-refractivity contribution is 0.0523. The molecule has 0 amide bonds. The fourth-order valence-corrected chi connectivity index (χ4v) is 3.96. The molecule has 0 saturated heterocycles. The average Bonchev–Trinajstić information content (AvgIpc) is 3.04. The van der Waals surface area contributed by atoms with E-state index < -0.39 is 5.97 Å². The monoisotopic (exact) mass is 403 g/mol. The Morgan fingerprint density at radius 1 is 1.25 bits per heavy atom. The van der Waals surface area contributed by atoms with Crippen LogP contribution in [0.1, 0.15) is 50.0 Å². The van der Waals surface area contributed by atoms with Crippen molar-refractivity contribution in [3.63, 3.8) is 0 Å². The summed E-state index contributed by atoms with van der Waals surface area (Å²) in [6.07, 6.45) is 2.93. The fraction of sp³-hybridized carbons (Fsp3) is 0.429. The summed E-state index contributed by atoms with van der Waals surface area (Å²) in [5, 5.41) is 0. The van der Waals surface area contributed by atoms with Gasteiger partial charge in [0.15, 0.2) is 5.78 Å². The Bertz CT molecular complexity index is 889. The third-order valence-corrected chi connectivity index (χ3v) is 5.67. The smallest absolute Gasteiger partial charge is 0.355 e. The lowest BCUT2D eigenvalue weighted by Gasteiger charge is -2.24. The molecule has 1 N–H and O–H groups in total. The number of methoxy groups -OCH3 is 2. The number of Topliss-reactive ketones (excluding diaryl/α,β-unsaturated/α-hetero) is 1. The first kappa shape index (κ1) is 20.3. The summed E-state index contributed by atoms with van der Waals surface area (Å²) < 4.78 is 16.1. The Balaban J connectivity index is 1.90. The molecule has 0 aliphatic heterocycles. The molecule has 6 nitrogen and oxygen atoms in total. The Morgan fingerprint density at radius 2 is 2.04 bits per heavy atom. The number of aromatic amines is 1. The average molecular weight is 404 g/mol. The van der Waals surface area contributed by atoms with Gasteiger partial charge in [-0.2, -0.15) is 11.8 Å². The van der Waals surface area contributed by atoms with E-state index in [1.54, 1.807) is 32.9 Å². The minimum Gasteiger partial charge on any atom is -0.497 e. The van der Waals surface area contributed by atoms with Gasteiger partial charge in [-0.1, -0.05) is 0 Å². The number of fused-ring (bicyclic) bond motifs is 1. The number of ether oxygens (including phenoxy) is 3. The molecule has 1 aromatic carbocycles. The molecule has 3 rings (SSSR count). The summed E-state index contributed by atoms with van der Waals surface area (Å²) in [6, 6.07) is 5.59. The second-order valence-corrected chi connectivity index (χ2v) is 7.73. The first-order chi connectivity index (χ1) is 13.5. The van der Waals surface area contributed by atoms with E-state index in [0.717, 1.165) is 28.5 Å². The van der Waals surface area contributed by atoms with E-state index >= 15 is 0 Å². The Kier molecular flexibility index (Phi) is 6.34. The summed E-state index contributed by atoms with van der Waals surface area (Å²) in [7, 11) is 3.22. The molecule has 150 valence electrons. The highest BCUT2D eigenvalue weighted by Gasteiger charge is 2.33. The van der Waals surface area contributed by atoms with Gasteiger partial charge < -0.3 is 19.2 Å². The second kappa shape index (κ2) is 8.73. The number of carbonyl (C=O) groups excluding carboxylic acids is 2. The third kappa shape index (κ3) is 3.90. The zero-order chi connectivity index (χ0) is 20.3. The first-order valence-corrected chi connectivity index (χ1v) is 10.5. The number of aromatic nitrogens is 1. The van der Waals surface area contributed by atoms with E-state index in [4.69, 9.17) is 14.2 Å². The van der Waals surface area contributed by atoms with Crippen LogP contribution in [0.3, 0.4) is 0 Å². The molecule has 1 atom stereocenters. The predicted octanol–water partition coefficient (Wildman–Crippen LogP) is 3.77. The molecule has 1 heterocycles. The van der Waals surface area contributed by atoms with Crippen LogP contribution < -0.4 is 9.47 Å². The van der Waals surface area contributed by atoms with Crippen molar-refractivity contribution >= 4 is 23.5 Å². The van der Waals surface area contributed by atoms with Crippen LogP contribution in [0.5, 0.6) is 11.5 Å². The zero-order valence-corrected chi connectivity index (χ0v) is 17.4. The van der Waals surface area contributed by atoms with Gasteiger partial charge in [-0.05, 0) is 43.4 Å². The fourth-order valence-electron chi connectivity index (χ4n) is 3.71. The topological polar surface area (TPSA) is 77.6 Å². The van der Waals surface area contributed by atoms with Crippen molar-refractivity contribution < 1.29 is 23.8 Å². The lowest BCUT2D eigenvalue weighted by atomic mass is 9.81. The Morgan fingerprint density at radius 3 is 2.71 bits per heavy atom. The van der Waals surface area contributed by atoms with Gasteiger partial charge in [0, 0.05) is 34.9 Å². The van der Waals surface area contributed by atoms with Gasteiger partial charge in [-0.15, -0.1) is 0 Å². The van der Waals surface area contributed by atoms with Crippen LogP contribution in [-0.4, -0.2) is 49.6 Å². The molecule has 1 aliphatic carbocycles. The number of rotatable bonds is 7. The number of esters is 1. The SMILES string of the molecule is COc1ccc(OC)c([C@H]2CC(=O)c3c([nH]c(C(=O)OCCSC)c3C)C2)c1. The van der Waals surface area contributed by atoms with Crippen molar-refractivity contribution in [1.82, 2.24) is 4.98 Å². The summed E-state index contributed by atoms with van der Waals surface area (Å²) in [6.45, 7) is 2.14. The van der Waals surface area contributed by atoms with Crippen LogP contribution in [0.2, 0.25) is 0 Å². The largest absolute Gasteiger partial charge is 0.497 e. The van der Waals surface area contributed by atoms with Crippen molar-refractivity contribution in [2.75, 3.05) is 32.8 Å². The van der Waals surface area contributed by atoms with Gasteiger partial charge in [0.05, 0.1) is 14.2 Å². The van der Waals surface area contributed by atoms with Crippen LogP contribution in [0.25, 0.3) is 0 Å². The summed E-state index contributed by atoms with van der Waals surface area (Å²) >= 11 is 1.61. The van der Waals surface area contributed by atoms with Gasteiger partial charge in [0.1, 0.15) is 23.8 Å². The number of ketones is 1. The quantitative estimate of drug-likeness (QED) is 0.560. The maximum Gasteiger partial charge on any atom is 0.355 e. The van der Waals surface area contributed by atoms with E-state index in [0.29, 0.717) is 36.3 Å². The highest BCUT2D eigenvalue weighted by Crippen LogP contribution is 2.40. The normalized spacial score (nSPS) is 15.9. The van der Waals surface area contributed by atoms with Gasteiger partial charge in [0.2, 0.25) is 0 Å². The van der Waals surface area contributed by atoms with E-state index in [2.05, 4.69) is 4.98 Å². The number of carbonyl (C=O) groups is 2. The molecule has 0 bridgehead atoms. The molecule has 0 unspecified atom stereocenters. The van der Waals surface area contributed by atoms with Crippen molar-refractivity contribution in [2.24, 2.45) is 0 Å². The maximum atomic E-state index is 12.9. The van der Waals surface area contributed by atoms with Gasteiger partial charge in [0.25, 0.3) is 0 Å². The molecular weight excluding hydrogens is 378 g/mol. The van der Waals surface area contributed by atoms with Gasteiger partial charge >= 0.3 is 5.97 Å². The molecule has 1 aromatic heterocycles. The number of thioether (sulfide) groups is 1. The predicted molar refractivity (Wildman–Crippen MR) is 109 cm³/mol. The zero-order valence-electron chi connectivity index (χ0n) is 16.6. The molecule has 2 aromatic rings. The minimum atomic E-state index is -0.413. The first-order valence-electron chi connectivity index (χ1n) is 9.12. The highest BCUT2D eigenvalue weighted by molar-refractivity contribution is 7.98. The Labute approximate surface area is 168 Å². The van der Waals surface area contributed by atoms with Crippen LogP contribution in [0.15, 0.2) is 18.2 Å². The van der Waals surface area contributed by atoms with Crippen molar-refractivity contribution in [3.05, 3.63) is 46.3 Å². The van der Waals surface area contributed by atoms with Crippen molar-refractivity contribution in [2.45, 2.75) is 25.7 Å². The highest BCUT2D eigenvalue weighted by atomic mass is 32.2. The molecule has 1 aliphatic rings. The van der Waals surface area contributed by atoms with E-state index in [1.807, 2.05) is 24.5 Å². The summed E-state index contributed by atoms with van der Waals surface area (Å²) in [5.41, 5.74) is 3.37. The molecule has 0 fully saturated rings. The number of H-pyrrole nitrogens is 1. The summed E-state index contributed by atoms with van der Waals surface area (Å²) in [4.78, 5) is 28.4. The molecule has 0 spiro atoms. The number of hydrogen-bond acceptors (Lipinski definition) is 6. The summed E-state index contributed by atoms with van der Waals surface area (Å²) in [5.74, 6) is 1.74. The molecular formula is C21H25NO5S. The van der Waals surface area contributed by atoms with Crippen LogP contribution in [0, 0.1) is 6.92 Å². The number of benzene rings is 1. The van der Waals surface area contributed by atoms with Gasteiger partial charge in [-0.3, -0.25) is 4.79 Å². The second-order valence-electron chi connectivity index (χ2n) is 6.74. The van der Waals surface area contributed by atoms with E-state index in [1.165, 1.54) is 0 Å². The molecule has 0 radical (unpaired) electrons. The van der Waals surface area contributed by atoms with Crippen molar-refractivity contribution in [1.29, 1.82) is 0 Å². The maximum absolute atomic E-state index is 12.9. The molecule has 28 heavy (non-hydrogen) atoms. The molecule has 0 saturated carbocycles. The number of nitrogens with one attached hydrogen (secondary N) is 1. The standard InChI is InChI=1S/C21H25NO5S/c1-12-19-16(22-20(12)21(24)27-7-8-28-4)9-13(10-17(19)23)15-11-14(25-2)5-6-18(15)26-3/h5-6,11,13,22H,7-10H2,1-4H3/t13-/m1/s1. The lowest BCUT2D eigenvalue weighted by Crippen LogP contribution is -2.19. The van der Waals surface area contributed by atoms with Crippen LogP contribution in [-0.2, 0) is 11.2 Å². The third-order valence-electron chi connectivity index (χ3n) is 5.09. The van der Waals surface area contributed by atoms with Gasteiger partial charge in [-0.25, -0.2) is 4.79 Å². The Hall–Kier alpha value is -2.41. The minimum absolute atomic E-state index is 0.0213. The van der Waals surface area contributed by atoms with E-state index in [-0.39, 0.29) is 11.7 Å².